The molecular formula is C23H25Cl2N3O3S. The van der Waals surface area contributed by atoms with E-state index in [2.05, 4.69) is 0 Å². The van der Waals surface area contributed by atoms with Crippen LogP contribution in [-0.2, 0) is 23.6 Å². The van der Waals surface area contributed by atoms with E-state index >= 15 is 0 Å². The third-order valence-electron chi connectivity index (χ3n) is 6.02. The second kappa shape index (κ2) is 9.06. The molecule has 1 aromatic heterocycles. The molecule has 1 saturated heterocycles. The van der Waals surface area contributed by atoms with Gasteiger partial charge in [-0.1, -0.05) is 41.4 Å². The summed E-state index contributed by atoms with van der Waals surface area (Å²) in [6, 6.07) is 14.7. The number of carbonyl (C=O) groups excluding carboxylic acids is 1. The van der Waals surface area contributed by atoms with Crippen LogP contribution in [-0.4, -0.2) is 53.5 Å². The summed E-state index contributed by atoms with van der Waals surface area (Å²) < 4.78 is 28.5. The maximum atomic E-state index is 13.2. The fourth-order valence-electron chi connectivity index (χ4n) is 4.41. The number of nitrogens with zero attached hydrogens (tertiary/aromatic N) is 3. The van der Waals surface area contributed by atoms with Crippen LogP contribution in [0.4, 0.5) is 0 Å². The Hall–Kier alpha value is -2.06. The van der Waals surface area contributed by atoms with Crippen molar-refractivity contribution >= 4 is 50.0 Å². The van der Waals surface area contributed by atoms with Gasteiger partial charge in [0, 0.05) is 53.7 Å². The summed E-state index contributed by atoms with van der Waals surface area (Å²) in [6.07, 6.45) is 2.35. The van der Waals surface area contributed by atoms with Gasteiger partial charge in [-0.3, -0.25) is 4.79 Å². The average Bonchev–Trinajstić information content (AvgIpc) is 3.07. The molecule has 1 aliphatic rings. The first-order chi connectivity index (χ1) is 15.1. The number of hydrogen-bond donors (Lipinski definition) is 0. The van der Waals surface area contributed by atoms with Crippen LogP contribution in [0.25, 0.3) is 10.9 Å². The highest BCUT2D eigenvalue weighted by molar-refractivity contribution is 7.88. The van der Waals surface area contributed by atoms with E-state index in [-0.39, 0.29) is 18.5 Å². The second-order valence-electron chi connectivity index (χ2n) is 8.26. The SMILES string of the molecule is Cn1c(C(=O)N2CCC(N(Cc3cc(Cl)cc(Cl)c3)S(C)(=O)=O)CC2)cc2ccccc21. The quantitative estimate of drug-likeness (QED) is 0.523. The van der Waals surface area contributed by atoms with Gasteiger partial charge in [-0.15, -0.1) is 0 Å². The molecule has 170 valence electrons. The lowest BCUT2D eigenvalue weighted by molar-refractivity contribution is 0.0667. The molecule has 2 heterocycles. The van der Waals surface area contributed by atoms with Crippen molar-refractivity contribution in [3.05, 3.63) is 69.8 Å². The van der Waals surface area contributed by atoms with Gasteiger partial charge in [-0.2, -0.15) is 4.31 Å². The average molecular weight is 494 g/mol. The molecule has 0 spiro atoms. The van der Waals surface area contributed by atoms with Gasteiger partial charge in [0.1, 0.15) is 5.69 Å². The summed E-state index contributed by atoms with van der Waals surface area (Å²) >= 11 is 12.2. The van der Waals surface area contributed by atoms with E-state index < -0.39 is 10.0 Å². The van der Waals surface area contributed by atoms with Crippen LogP contribution >= 0.6 is 23.2 Å². The van der Waals surface area contributed by atoms with Gasteiger partial charge in [-0.05, 0) is 48.7 Å². The zero-order valence-corrected chi connectivity index (χ0v) is 20.3. The first-order valence-electron chi connectivity index (χ1n) is 10.4. The Morgan fingerprint density at radius 2 is 1.69 bits per heavy atom. The van der Waals surface area contributed by atoms with Gasteiger partial charge in [0.2, 0.25) is 10.0 Å². The normalized spacial score (nSPS) is 15.6. The molecule has 32 heavy (non-hydrogen) atoms. The van der Waals surface area contributed by atoms with Crippen molar-refractivity contribution in [1.29, 1.82) is 0 Å². The zero-order chi connectivity index (χ0) is 23.0. The molecule has 1 amide bonds. The lowest BCUT2D eigenvalue weighted by atomic mass is 10.0. The Labute approximate surface area is 198 Å². The molecule has 0 N–H and O–H groups in total. The molecule has 4 rings (SSSR count). The van der Waals surface area contributed by atoms with Crippen LogP contribution in [0.1, 0.15) is 28.9 Å². The van der Waals surface area contributed by atoms with E-state index in [0.717, 1.165) is 16.5 Å². The number of hydrogen-bond acceptors (Lipinski definition) is 3. The van der Waals surface area contributed by atoms with Crippen LogP contribution in [0, 0.1) is 0 Å². The van der Waals surface area contributed by atoms with E-state index in [9.17, 15) is 13.2 Å². The van der Waals surface area contributed by atoms with Gasteiger partial charge in [0.05, 0.1) is 6.26 Å². The van der Waals surface area contributed by atoms with E-state index in [1.807, 2.05) is 41.9 Å². The van der Waals surface area contributed by atoms with E-state index in [1.165, 1.54) is 10.6 Å². The van der Waals surface area contributed by atoms with Crippen LogP contribution in [0.15, 0.2) is 48.5 Å². The third-order valence-corrected chi connectivity index (χ3v) is 7.73. The molecule has 6 nitrogen and oxygen atoms in total. The number of aromatic nitrogens is 1. The molecule has 3 aromatic rings. The smallest absolute Gasteiger partial charge is 0.270 e. The molecule has 9 heteroatoms. The molecule has 0 atom stereocenters. The van der Waals surface area contributed by atoms with Crippen molar-refractivity contribution in [3.63, 3.8) is 0 Å². The first kappa shape index (κ1) is 23.1. The van der Waals surface area contributed by atoms with Gasteiger partial charge >= 0.3 is 0 Å². The van der Waals surface area contributed by atoms with Gasteiger partial charge in [-0.25, -0.2) is 8.42 Å². The Morgan fingerprint density at radius 3 is 2.28 bits per heavy atom. The number of fused-ring (bicyclic) bond motifs is 1. The number of likely N-dealkylation sites (tertiary alicyclic amines) is 1. The molecular weight excluding hydrogens is 469 g/mol. The summed E-state index contributed by atoms with van der Waals surface area (Å²) in [5.41, 5.74) is 2.38. The van der Waals surface area contributed by atoms with E-state index in [0.29, 0.717) is 41.7 Å². The number of piperidine rings is 1. The highest BCUT2D eigenvalue weighted by atomic mass is 35.5. The minimum Gasteiger partial charge on any atom is -0.340 e. The molecule has 0 unspecified atom stereocenters. The van der Waals surface area contributed by atoms with Crippen LogP contribution in [0.5, 0.6) is 0 Å². The standard InChI is InChI=1S/C23H25Cl2N3O3S/c1-26-21-6-4-3-5-17(21)13-22(26)23(29)27-9-7-20(8-10-27)28(32(2,30)31)15-16-11-18(24)14-19(25)12-16/h3-6,11-14,20H,7-10,15H2,1-2H3. The predicted molar refractivity (Wildman–Crippen MR) is 129 cm³/mol. The fourth-order valence-corrected chi connectivity index (χ4v) is 6.12. The van der Waals surface area contributed by atoms with Crippen molar-refractivity contribution in [2.75, 3.05) is 19.3 Å². The molecule has 1 fully saturated rings. The van der Waals surface area contributed by atoms with Crippen molar-refractivity contribution < 1.29 is 13.2 Å². The maximum absolute atomic E-state index is 13.2. The minimum absolute atomic E-state index is 0.0327. The zero-order valence-electron chi connectivity index (χ0n) is 18.0. The lowest BCUT2D eigenvalue weighted by Crippen LogP contribution is -2.48. The lowest BCUT2D eigenvalue weighted by Gasteiger charge is -2.37. The highest BCUT2D eigenvalue weighted by Gasteiger charge is 2.32. The van der Waals surface area contributed by atoms with E-state index in [1.54, 1.807) is 23.1 Å². The monoisotopic (exact) mass is 493 g/mol. The number of rotatable bonds is 5. The third kappa shape index (κ3) is 4.81. The van der Waals surface area contributed by atoms with Crippen LogP contribution < -0.4 is 0 Å². The highest BCUT2D eigenvalue weighted by Crippen LogP contribution is 2.26. The second-order valence-corrected chi connectivity index (χ2v) is 11.1. The summed E-state index contributed by atoms with van der Waals surface area (Å²) in [4.78, 5) is 15.0. The number of halogens is 2. The van der Waals surface area contributed by atoms with Gasteiger partial charge < -0.3 is 9.47 Å². The predicted octanol–water partition coefficient (Wildman–Crippen LogP) is 4.55. The molecule has 0 bridgehead atoms. The Balaban J connectivity index is 1.49. The van der Waals surface area contributed by atoms with E-state index in [4.69, 9.17) is 23.2 Å². The van der Waals surface area contributed by atoms with Gasteiger partial charge in [0.25, 0.3) is 5.91 Å². The van der Waals surface area contributed by atoms with Crippen LogP contribution in [0.2, 0.25) is 10.0 Å². The molecule has 0 radical (unpaired) electrons. The van der Waals surface area contributed by atoms with Crippen LogP contribution in [0.3, 0.4) is 0 Å². The Bertz CT molecular complexity index is 1240. The number of benzene rings is 2. The summed E-state index contributed by atoms with van der Waals surface area (Å²) in [5, 5.41) is 1.96. The summed E-state index contributed by atoms with van der Waals surface area (Å²) in [5.74, 6) is -0.0327. The number of aryl methyl sites for hydroxylation is 1. The largest absolute Gasteiger partial charge is 0.340 e. The summed E-state index contributed by atoms with van der Waals surface area (Å²) in [6.45, 7) is 1.18. The summed E-state index contributed by atoms with van der Waals surface area (Å²) in [7, 11) is -1.57. The Kier molecular flexibility index (Phi) is 6.54. The van der Waals surface area contributed by atoms with Crippen molar-refractivity contribution in [3.8, 4) is 0 Å². The maximum Gasteiger partial charge on any atom is 0.270 e. The molecule has 0 aliphatic carbocycles. The number of para-hydroxylation sites is 1. The number of sulfonamides is 1. The minimum atomic E-state index is -3.46. The van der Waals surface area contributed by atoms with Crippen molar-refractivity contribution in [2.24, 2.45) is 7.05 Å². The first-order valence-corrected chi connectivity index (χ1v) is 13.0. The topological polar surface area (TPSA) is 62.6 Å². The number of carbonyl (C=O) groups is 1. The van der Waals surface area contributed by atoms with Crippen molar-refractivity contribution in [2.45, 2.75) is 25.4 Å². The molecule has 1 aliphatic heterocycles. The van der Waals surface area contributed by atoms with Crippen molar-refractivity contribution in [1.82, 2.24) is 13.8 Å². The Morgan fingerprint density at radius 1 is 1.06 bits per heavy atom. The fraction of sp³-hybridized carbons (Fsp3) is 0.348. The number of amides is 1. The van der Waals surface area contributed by atoms with Gasteiger partial charge in [0.15, 0.2) is 0 Å². The molecule has 2 aromatic carbocycles. The molecule has 0 saturated carbocycles.